The molecular weight excluding hydrogens is 632 g/mol. The molecule has 0 radical (unpaired) electrons. The highest BCUT2D eigenvalue weighted by Crippen LogP contribution is 2.64. The van der Waals surface area contributed by atoms with Gasteiger partial charge in [-0.3, -0.25) is 28.8 Å². The molecule has 2 aromatic rings. The number of aliphatic hydroxyl groups is 1. The third-order valence-corrected chi connectivity index (χ3v) is 12.8. The van der Waals surface area contributed by atoms with Gasteiger partial charge in [0.2, 0.25) is 0 Å². The van der Waals surface area contributed by atoms with Crippen LogP contribution in [0, 0.1) is 40.4 Å². The first-order valence-electron chi connectivity index (χ1n) is 18.4. The van der Waals surface area contributed by atoms with Gasteiger partial charge in [-0.15, -0.1) is 0 Å². The standard InChI is InChI=1S/C42H50O8/c1-23(2)33-36(46)31(24(3)43)38(48)42(50)39(49)34-37(47)32-29(21-40(34,4)22-41(33,42)5)27(17-16-25-12-8-6-9-13-25)20-28(35(32)45)18-19-30(44)26-14-10-7-11-15-26/h7,10-11,14-15,20,23,25,31,33-34,45,50H,6,8-9,12-13,16-19,21-22H2,1-5H3/t31?,33?,34?,40-,41-,42+/m1/s1. The van der Waals surface area contributed by atoms with E-state index in [4.69, 9.17) is 0 Å². The average Bonchev–Trinajstić information content (AvgIpc) is 3.06. The Kier molecular flexibility index (Phi) is 9.42. The van der Waals surface area contributed by atoms with E-state index in [1.807, 2.05) is 19.1 Å². The van der Waals surface area contributed by atoms with Crippen molar-refractivity contribution in [2.24, 2.45) is 40.4 Å². The van der Waals surface area contributed by atoms with E-state index in [9.17, 15) is 39.0 Å². The molecule has 0 amide bonds. The van der Waals surface area contributed by atoms with E-state index in [1.165, 1.54) is 19.3 Å². The van der Waals surface area contributed by atoms with Crippen LogP contribution in [0.15, 0.2) is 36.4 Å². The highest BCUT2D eigenvalue weighted by molar-refractivity contribution is 6.32. The Bertz CT molecular complexity index is 1770. The summed E-state index contributed by atoms with van der Waals surface area (Å²) in [6.07, 6.45) is 8.02. The predicted molar refractivity (Wildman–Crippen MR) is 187 cm³/mol. The summed E-state index contributed by atoms with van der Waals surface area (Å²) in [7, 11) is 0. The Morgan fingerprint density at radius 1 is 0.920 bits per heavy atom. The summed E-state index contributed by atoms with van der Waals surface area (Å²) in [6.45, 7) is 8.09. The summed E-state index contributed by atoms with van der Waals surface area (Å²) in [5.41, 5.74) is -2.76. The lowest BCUT2D eigenvalue weighted by Crippen LogP contribution is -2.76. The van der Waals surface area contributed by atoms with E-state index < -0.39 is 69.0 Å². The quantitative estimate of drug-likeness (QED) is 0.228. The van der Waals surface area contributed by atoms with E-state index in [0.29, 0.717) is 29.0 Å². The lowest BCUT2D eigenvalue weighted by Gasteiger charge is -2.62. The second kappa shape index (κ2) is 13.1. The lowest BCUT2D eigenvalue weighted by molar-refractivity contribution is -0.205. The van der Waals surface area contributed by atoms with Crippen molar-refractivity contribution in [3.05, 3.63) is 64.2 Å². The highest BCUT2D eigenvalue weighted by Gasteiger charge is 2.76. The second-order valence-corrected chi connectivity index (χ2v) is 16.6. The van der Waals surface area contributed by atoms with E-state index in [2.05, 4.69) is 0 Å². The van der Waals surface area contributed by atoms with Crippen LogP contribution >= 0.6 is 0 Å². The Hall–Kier alpha value is -3.78. The Balaban J connectivity index is 1.45. The molecular formula is C42H50O8. The van der Waals surface area contributed by atoms with Crippen molar-refractivity contribution in [2.45, 2.75) is 111 Å². The van der Waals surface area contributed by atoms with Gasteiger partial charge in [-0.1, -0.05) is 96.2 Å². The molecule has 6 atom stereocenters. The first-order chi connectivity index (χ1) is 23.6. The van der Waals surface area contributed by atoms with Crippen LogP contribution in [-0.2, 0) is 38.4 Å². The number of benzene rings is 2. The summed E-state index contributed by atoms with van der Waals surface area (Å²) in [4.78, 5) is 83.1. The fourth-order valence-electron chi connectivity index (χ4n) is 10.6. The van der Waals surface area contributed by atoms with Gasteiger partial charge in [-0.25, -0.2) is 0 Å². The molecule has 8 nitrogen and oxygen atoms in total. The normalized spacial score (nSPS) is 31.3. The minimum absolute atomic E-state index is 0.0270. The number of hydrogen-bond acceptors (Lipinski definition) is 8. The van der Waals surface area contributed by atoms with Gasteiger partial charge >= 0.3 is 0 Å². The monoisotopic (exact) mass is 682 g/mol. The summed E-state index contributed by atoms with van der Waals surface area (Å²) >= 11 is 0. The number of hydrogen-bond donors (Lipinski definition) is 2. The van der Waals surface area contributed by atoms with Gasteiger partial charge in [0, 0.05) is 23.3 Å². The molecule has 2 aromatic carbocycles. The van der Waals surface area contributed by atoms with Crippen molar-refractivity contribution in [1.29, 1.82) is 0 Å². The van der Waals surface area contributed by atoms with Crippen LogP contribution in [0.25, 0.3) is 0 Å². The Labute approximate surface area is 294 Å². The maximum absolute atomic E-state index is 14.8. The molecule has 8 heteroatoms. The zero-order valence-corrected chi connectivity index (χ0v) is 30.0. The van der Waals surface area contributed by atoms with Crippen molar-refractivity contribution in [3.8, 4) is 5.75 Å². The summed E-state index contributed by atoms with van der Waals surface area (Å²) in [5.74, 6) is -8.56. The lowest BCUT2D eigenvalue weighted by atomic mass is 9.39. The molecule has 0 bridgehead atoms. The molecule has 0 spiro atoms. The van der Waals surface area contributed by atoms with Crippen LogP contribution in [0.2, 0.25) is 0 Å². The van der Waals surface area contributed by atoms with Crippen LogP contribution in [0.5, 0.6) is 5.75 Å². The van der Waals surface area contributed by atoms with Crippen molar-refractivity contribution in [2.75, 3.05) is 0 Å². The summed E-state index contributed by atoms with van der Waals surface area (Å²) < 4.78 is 0. The predicted octanol–water partition coefficient (Wildman–Crippen LogP) is 6.42. The van der Waals surface area contributed by atoms with Gasteiger partial charge in [0.05, 0.1) is 11.5 Å². The molecule has 0 aliphatic heterocycles. The molecule has 0 aromatic heterocycles. The van der Waals surface area contributed by atoms with Crippen molar-refractivity contribution < 1.29 is 39.0 Å². The van der Waals surface area contributed by atoms with Gasteiger partial charge in [-0.05, 0) is 73.0 Å². The highest BCUT2D eigenvalue weighted by atomic mass is 16.3. The Morgan fingerprint density at radius 2 is 1.58 bits per heavy atom. The van der Waals surface area contributed by atoms with Gasteiger partial charge in [0.25, 0.3) is 0 Å². The number of phenolic OH excluding ortho intramolecular Hbond substituents is 1. The van der Waals surface area contributed by atoms with Crippen LogP contribution in [0.1, 0.15) is 123 Å². The van der Waals surface area contributed by atoms with Crippen molar-refractivity contribution in [1.82, 2.24) is 0 Å². The smallest absolute Gasteiger partial charge is 0.190 e. The first kappa shape index (κ1) is 36.0. The number of fused-ring (bicyclic) bond motifs is 3. The molecule has 50 heavy (non-hydrogen) atoms. The van der Waals surface area contributed by atoms with E-state index in [-0.39, 0.29) is 42.8 Å². The average molecular weight is 683 g/mol. The number of Topliss-reactive ketones (excluding diaryl/α,β-unsaturated/α-hetero) is 6. The number of aromatic hydroxyl groups is 1. The van der Waals surface area contributed by atoms with Crippen LogP contribution in [-0.4, -0.2) is 50.5 Å². The van der Waals surface area contributed by atoms with Gasteiger partial charge in [-0.2, -0.15) is 0 Å². The number of rotatable bonds is 9. The fourth-order valence-corrected chi connectivity index (χ4v) is 10.6. The van der Waals surface area contributed by atoms with Gasteiger partial charge < -0.3 is 10.2 Å². The maximum Gasteiger partial charge on any atom is 0.190 e. The maximum atomic E-state index is 14.8. The summed E-state index contributed by atoms with van der Waals surface area (Å²) in [5, 5.41) is 24.2. The molecule has 6 rings (SSSR count). The molecule has 4 aliphatic carbocycles. The fraction of sp³-hybridized carbons (Fsp3) is 0.571. The summed E-state index contributed by atoms with van der Waals surface area (Å²) in [6, 6.07) is 10.8. The van der Waals surface area contributed by atoms with Crippen LogP contribution in [0.3, 0.4) is 0 Å². The zero-order chi connectivity index (χ0) is 36.3. The minimum Gasteiger partial charge on any atom is -0.507 e. The number of ketones is 6. The number of carbonyl (C=O) groups excluding carboxylic acids is 6. The number of phenols is 1. The molecule has 0 saturated heterocycles. The Morgan fingerprint density at radius 3 is 2.20 bits per heavy atom. The molecule has 4 aliphatic rings. The van der Waals surface area contributed by atoms with Crippen molar-refractivity contribution >= 4 is 34.7 Å². The number of aryl methyl sites for hydroxylation is 2. The molecule has 0 heterocycles. The molecule has 3 fully saturated rings. The minimum atomic E-state index is -2.73. The van der Waals surface area contributed by atoms with E-state index >= 15 is 0 Å². The van der Waals surface area contributed by atoms with Crippen LogP contribution in [0.4, 0.5) is 0 Å². The van der Waals surface area contributed by atoms with Gasteiger partial charge in [0.15, 0.2) is 34.5 Å². The largest absolute Gasteiger partial charge is 0.507 e. The number of carbonyl (C=O) groups is 6. The third-order valence-electron chi connectivity index (χ3n) is 12.8. The van der Waals surface area contributed by atoms with E-state index in [1.54, 1.807) is 45.0 Å². The SMILES string of the molecule is CC(=O)C1C(=O)C(C(C)C)[C@@]2(C)C[C@@]3(C)Cc4c(CCC5CCCCC5)cc(CCC(=O)c5ccccc5)c(O)c4C(=O)C3C(=O)[C@@]2(O)C1=O. The second-order valence-electron chi connectivity index (χ2n) is 16.6. The first-order valence-corrected chi connectivity index (χ1v) is 18.4. The van der Waals surface area contributed by atoms with Crippen LogP contribution < -0.4 is 0 Å². The topological polar surface area (TPSA) is 143 Å². The third kappa shape index (κ3) is 5.53. The van der Waals surface area contributed by atoms with Gasteiger partial charge in [0.1, 0.15) is 17.5 Å². The molecule has 3 saturated carbocycles. The zero-order valence-electron chi connectivity index (χ0n) is 30.0. The molecule has 3 unspecified atom stereocenters. The van der Waals surface area contributed by atoms with E-state index in [0.717, 1.165) is 31.7 Å². The molecule has 2 N–H and O–H groups in total. The van der Waals surface area contributed by atoms with Crippen molar-refractivity contribution in [3.63, 3.8) is 0 Å². The molecule has 266 valence electrons.